The van der Waals surface area contributed by atoms with E-state index in [9.17, 15) is 0 Å². The van der Waals surface area contributed by atoms with Crippen LogP contribution in [0.2, 0.25) is 0 Å². The smallest absolute Gasteiger partial charge is 0.00210 e. The van der Waals surface area contributed by atoms with Crippen molar-refractivity contribution in [1.82, 2.24) is 5.32 Å². The monoisotopic (exact) mass is 227 g/mol. The van der Waals surface area contributed by atoms with Crippen molar-refractivity contribution in [3.05, 3.63) is 0 Å². The third kappa shape index (κ3) is 4.08. The minimum absolute atomic E-state index is 0.476. The zero-order chi connectivity index (χ0) is 12.8. The largest absolute Gasteiger partial charge is 0.319 e. The average molecular weight is 227 g/mol. The van der Waals surface area contributed by atoms with Crippen LogP contribution in [0.4, 0.5) is 0 Å². The fourth-order valence-electron chi connectivity index (χ4n) is 2.68. The summed E-state index contributed by atoms with van der Waals surface area (Å²) in [6, 6.07) is 0. The molecule has 0 heterocycles. The molecule has 0 saturated heterocycles. The first-order valence-corrected chi connectivity index (χ1v) is 7.02. The predicted molar refractivity (Wildman–Crippen MR) is 74.8 cm³/mol. The van der Waals surface area contributed by atoms with Gasteiger partial charge in [0, 0.05) is 0 Å². The van der Waals surface area contributed by atoms with E-state index in [0.29, 0.717) is 10.8 Å². The summed E-state index contributed by atoms with van der Waals surface area (Å²) < 4.78 is 0. The number of rotatable bonds is 8. The summed E-state index contributed by atoms with van der Waals surface area (Å²) in [6.45, 7) is 15.5. The van der Waals surface area contributed by atoms with Crippen molar-refractivity contribution in [2.75, 3.05) is 13.6 Å². The Labute approximate surface area is 103 Å². The van der Waals surface area contributed by atoms with Crippen molar-refractivity contribution in [3.63, 3.8) is 0 Å². The lowest BCUT2D eigenvalue weighted by atomic mass is 9.64. The van der Waals surface area contributed by atoms with Gasteiger partial charge in [0.15, 0.2) is 0 Å². The lowest BCUT2D eigenvalue weighted by Crippen LogP contribution is -2.36. The molecule has 1 N–H and O–H groups in total. The maximum absolute atomic E-state index is 3.33. The molecular formula is C15H33N. The highest BCUT2D eigenvalue weighted by molar-refractivity contribution is 4.86. The first kappa shape index (κ1) is 16.0. The third-order valence-electron chi connectivity index (χ3n) is 5.05. The van der Waals surface area contributed by atoms with Crippen molar-refractivity contribution < 1.29 is 0 Å². The van der Waals surface area contributed by atoms with Crippen LogP contribution in [0.1, 0.15) is 67.2 Å². The van der Waals surface area contributed by atoms with E-state index in [0.717, 1.165) is 12.5 Å². The van der Waals surface area contributed by atoms with Gasteiger partial charge in [-0.05, 0) is 36.8 Å². The molecule has 98 valence electrons. The molecule has 1 nitrogen and oxygen atoms in total. The topological polar surface area (TPSA) is 12.0 Å². The third-order valence-corrected chi connectivity index (χ3v) is 5.05. The molecule has 0 aromatic carbocycles. The van der Waals surface area contributed by atoms with Crippen LogP contribution in [0.3, 0.4) is 0 Å². The second-order valence-corrected chi connectivity index (χ2v) is 6.16. The van der Waals surface area contributed by atoms with Crippen molar-refractivity contribution in [2.45, 2.75) is 67.2 Å². The first-order valence-electron chi connectivity index (χ1n) is 7.02. The summed E-state index contributed by atoms with van der Waals surface area (Å²) in [4.78, 5) is 0. The number of nitrogens with one attached hydrogen (secondary N) is 1. The Morgan fingerprint density at radius 3 is 1.81 bits per heavy atom. The molecular weight excluding hydrogens is 194 g/mol. The van der Waals surface area contributed by atoms with E-state index in [1.54, 1.807) is 0 Å². The molecule has 0 aliphatic carbocycles. The van der Waals surface area contributed by atoms with E-state index >= 15 is 0 Å². The Kier molecular flexibility index (Phi) is 6.62. The normalized spacial score (nSPS) is 18.2. The van der Waals surface area contributed by atoms with Gasteiger partial charge in [0.25, 0.3) is 0 Å². The predicted octanol–water partition coefficient (Wildman–Crippen LogP) is 4.47. The van der Waals surface area contributed by atoms with E-state index in [2.05, 4.69) is 53.9 Å². The maximum Gasteiger partial charge on any atom is -0.00210 e. The van der Waals surface area contributed by atoms with Crippen LogP contribution in [0.5, 0.6) is 0 Å². The van der Waals surface area contributed by atoms with Gasteiger partial charge in [0.2, 0.25) is 0 Å². The van der Waals surface area contributed by atoms with Crippen LogP contribution in [-0.4, -0.2) is 13.6 Å². The van der Waals surface area contributed by atoms with Crippen LogP contribution in [0.15, 0.2) is 0 Å². The number of hydrogen-bond acceptors (Lipinski definition) is 1. The van der Waals surface area contributed by atoms with E-state index in [4.69, 9.17) is 0 Å². The lowest BCUT2D eigenvalue weighted by molar-refractivity contribution is 0.0885. The molecule has 0 rings (SSSR count). The molecule has 0 radical (unpaired) electrons. The summed E-state index contributed by atoms with van der Waals surface area (Å²) in [7, 11) is 2.06. The molecule has 0 amide bonds. The van der Waals surface area contributed by atoms with Gasteiger partial charge < -0.3 is 5.32 Å². The van der Waals surface area contributed by atoms with Gasteiger partial charge in [-0.15, -0.1) is 0 Å². The van der Waals surface area contributed by atoms with E-state index in [-0.39, 0.29) is 0 Å². The number of hydrogen-bond donors (Lipinski definition) is 1. The molecule has 0 aromatic rings. The van der Waals surface area contributed by atoms with Gasteiger partial charge >= 0.3 is 0 Å². The van der Waals surface area contributed by atoms with Crippen LogP contribution in [0, 0.1) is 16.7 Å². The molecule has 2 unspecified atom stereocenters. The molecule has 1 heteroatoms. The van der Waals surface area contributed by atoms with Gasteiger partial charge in [-0.25, -0.2) is 0 Å². The molecule has 0 aromatic heterocycles. The van der Waals surface area contributed by atoms with Crippen LogP contribution in [0.25, 0.3) is 0 Å². The summed E-state index contributed by atoms with van der Waals surface area (Å²) in [5, 5.41) is 3.33. The second-order valence-electron chi connectivity index (χ2n) is 6.16. The molecule has 0 bridgehead atoms. The SMILES string of the molecule is CCC(C)(CC)CC(C)(CC)C(C)CNC. The molecule has 16 heavy (non-hydrogen) atoms. The van der Waals surface area contributed by atoms with E-state index in [1.807, 2.05) is 0 Å². The maximum atomic E-state index is 3.33. The van der Waals surface area contributed by atoms with Gasteiger partial charge in [-0.3, -0.25) is 0 Å². The van der Waals surface area contributed by atoms with Gasteiger partial charge in [-0.1, -0.05) is 60.8 Å². The zero-order valence-electron chi connectivity index (χ0n) is 12.6. The Morgan fingerprint density at radius 1 is 1.00 bits per heavy atom. The summed E-state index contributed by atoms with van der Waals surface area (Å²) in [5.74, 6) is 0.750. The van der Waals surface area contributed by atoms with Crippen LogP contribution >= 0.6 is 0 Å². The quantitative estimate of drug-likeness (QED) is 0.645. The molecule has 0 spiro atoms. The first-order chi connectivity index (χ1) is 7.37. The summed E-state index contributed by atoms with van der Waals surface area (Å²) in [6.07, 6.45) is 5.23. The second kappa shape index (κ2) is 6.64. The molecule has 0 fully saturated rings. The molecule has 0 aliphatic heterocycles. The Bertz CT molecular complexity index is 184. The fourth-order valence-corrected chi connectivity index (χ4v) is 2.68. The van der Waals surface area contributed by atoms with Crippen molar-refractivity contribution in [1.29, 1.82) is 0 Å². The molecule has 2 atom stereocenters. The zero-order valence-corrected chi connectivity index (χ0v) is 12.6. The Hall–Kier alpha value is -0.0400. The average Bonchev–Trinajstić information content (AvgIpc) is 2.29. The standard InChI is InChI=1S/C15H33N/c1-8-14(5,9-2)12-15(6,10-3)13(4)11-16-7/h13,16H,8-12H2,1-7H3. The Balaban J connectivity index is 4.69. The highest BCUT2D eigenvalue weighted by Gasteiger charge is 2.35. The highest BCUT2D eigenvalue weighted by Crippen LogP contribution is 2.45. The minimum Gasteiger partial charge on any atom is -0.319 e. The summed E-state index contributed by atoms with van der Waals surface area (Å²) >= 11 is 0. The van der Waals surface area contributed by atoms with Gasteiger partial charge in [0.1, 0.15) is 0 Å². The van der Waals surface area contributed by atoms with E-state index in [1.165, 1.54) is 25.7 Å². The Morgan fingerprint density at radius 2 is 1.50 bits per heavy atom. The minimum atomic E-state index is 0.476. The van der Waals surface area contributed by atoms with Crippen molar-refractivity contribution in [3.8, 4) is 0 Å². The van der Waals surface area contributed by atoms with Crippen LogP contribution < -0.4 is 5.32 Å². The molecule has 0 aliphatic rings. The highest BCUT2D eigenvalue weighted by atomic mass is 14.8. The fraction of sp³-hybridized carbons (Fsp3) is 1.00. The van der Waals surface area contributed by atoms with Gasteiger partial charge in [0.05, 0.1) is 0 Å². The van der Waals surface area contributed by atoms with Crippen LogP contribution in [-0.2, 0) is 0 Å². The van der Waals surface area contributed by atoms with Crippen molar-refractivity contribution >= 4 is 0 Å². The molecule has 0 saturated carbocycles. The van der Waals surface area contributed by atoms with Gasteiger partial charge in [-0.2, -0.15) is 0 Å². The lowest BCUT2D eigenvalue weighted by Gasteiger charge is -2.42. The van der Waals surface area contributed by atoms with Crippen molar-refractivity contribution in [2.24, 2.45) is 16.7 Å². The summed E-state index contributed by atoms with van der Waals surface area (Å²) in [5.41, 5.74) is 0.997. The van der Waals surface area contributed by atoms with E-state index < -0.39 is 0 Å².